The van der Waals surface area contributed by atoms with Gasteiger partial charge in [-0.3, -0.25) is 0 Å². The first-order valence-corrected chi connectivity index (χ1v) is 1.67. The quantitative estimate of drug-likeness (QED) is 0.326. The van der Waals surface area contributed by atoms with Gasteiger partial charge in [0, 0.05) is 25.4 Å². The Balaban J connectivity index is -0.0000000300. The second kappa shape index (κ2) is 16.2. The summed E-state index contributed by atoms with van der Waals surface area (Å²) in [4.78, 5) is 17.7. The van der Waals surface area contributed by atoms with Gasteiger partial charge in [-0.25, -0.2) is 0 Å². The zero-order valence-corrected chi connectivity index (χ0v) is 12.4. The van der Waals surface area contributed by atoms with Gasteiger partial charge in [-0.1, -0.05) is 0 Å². The molecule has 0 aliphatic carbocycles. The minimum Gasteiger partial charge on any atom is -0.584 e. The summed E-state index contributed by atoms with van der Waals surface area (Å²) in [5.41, 5.74) is 0. The van der Waals surface area contributed by atoms with Crippen LogP contribution in [0, 0.1) is 6.92 Å². The topological polar surface area (TPSA) is 80.3 Å². The average Bonchev–Trinajstić information content (AvgIpc) is 1.25. The number of aliphatic carboxylic acids is 2. The standard InChI is InChI=1S/C2H4O2.C2H3O2.Pb.Zn/c2*1-2(3)4;;/h1H3,(H,3,4);1H2,(H,3,4);;/q;-1;+2;/p-2. The van der Waals surface area contributed by atoms with Crippen molar-refractivity contribution in [2.45, 2.75) is 6.92 Å². The first kappa shape index (κ1) is 22.4. The molecule has 0 heterocycles. The van der Waals surface area contributed by atoms with Crippen molar-refractivity contribution in [2.75, 3.05) is 0 Å². The number of carboxylic acids is 2. The van der Waals surface area contributed by atoms with Crippen molar-refractivity contribution in [3.05, 3.63) is 6.92 Å². The summed E-state index contributed by atoms with van der Waals surface area (Å²) in [5, 5.41) is 17.7. The van der Waals surface area contributed by atoms with Gasteiger partial charge in [0.25, 0.3) is 0 Å². The predicted octanol–water partition coefficient (Wildman–Crippen LogP) is -3.06. The van der Waals surface area contributed by atoms with E-state index in [4.69, 9.17) is 19.8 Å². The SMILES string of the molecule is CC(=O)[O-].[CH2-]C(=O)[O-].[Pb+2].[Zn]. The predicted molar refractivity (Wildman–Crippen MR) is 26.8 cm³/mol. The fraction of sp³-hybridized carbons (Fsp3) is 0.250. The van der Waals surface area contributed by atoms with Crippen LogP contribution < -0.4 is 10.2 Å². The Labute approximate surface area is 91.9 Å². The molecule has 0 spiro atoms. The minimum atomic E-state index is -1.33. The molecule has 0 amide bonds. The normalized spacial score (nSPS) is 4.90. The minimum absolute atomic E-state index is 0. The van der Waals surface area contributed by atoms with Crippen LogP contribution in [0.5, 0.6) is 0 Å². The molecular formula is C4H5O4PbZn-. The van der Waals surface area contributed by atoms with Crippen LogP contribution in [-0.2, 0) is 29.1 Å². The second-order valence-electron chi connectivity index (χ2n) is 0.864. The van der Waals surface area contributed by atoms with E-state index >= 15 is 0 Å². The number of carbonyl (C=O) groups is 2. The first-order chi connectivity index (χ1) is 3.46. The van der Waals surface area contributed by atoms with Crippen LogP contribution in [0.2, 0.25) is 0 Å². The van der Waals surface area contributed by atoms with Gasteiger partial charge in [0.15, 0.2) is 0 Å². The smallest absolute Gasteiger partial charge is 0.584 e. The number of carboxylic acid groups (broad SMARTS) is 2. The third-order valence-corrected chi connectivity index (χ3v) is 0. The molecule has 0 atom stereocenters. The van der Waals surface area contributed by atoms with Gasteiger partial charge in [-0.2, -0.15) is 0 Å². The van der Waals surface area contributed by atoms with Crippen LogP contribution in [0.3, 0.4) is 0 Å². The number of hydrogen-bond acceptors (Lipinski definition) is 4. The van der Waals surface area contributed by atoms with Gasteiger partial charge in [0.05, 0.1) is 0 Å². The van der Waals surface area contributed by atoms with Gasteiger partial charge >= 0.3 is 27.3 Å². The Morgan fingerprint density at radius 2 is 1.30 bits per heavy atom. The van der Waals surface area contributed by atoms with E-state index in [-0.39, 0.29) is 46.8 Å². The molecular weight excluding hydrogens is 385 g/mol. The Bertz CT molecular complexity index is 75.3. The van der Waals surface area contributed by atoms with Gasteiger partial charge < -0.3 is 26.7 Å². The summed E-state index contributed by atoms with van der Waals surface area (Å²) in [6, 6.07) is 0. The molecule has 0 fully saturated rings. The largest absolute Gasteiger partial charge is 2.00 e. The zero-order chi connectivity index (χ0) is 7.15. The van der Waals surface area contributed by atoms with Gasteiger partial charge in [-0.05, 0) is 6.92 Å². The molecule has 6 heteroatoms. The summed E-state index contributed by atoms with van der Waals surface area (Å²) in [7, 11) is 0. The third-order valence-electron chi connectivity index (χ3n) is 0. The summed E-state index contributed by atoms with van der Waals surface area (Å²) in [5.74, 6) is -2.42. The zero-order valence-electron chi connectivity index (χ0n) is 5.55. The third kappa shape index (κ3) is 3580. The number of carbonyl (C=O) groups excluding carboxylic acids is 2. The molecule has 0 rings (SSSR count). The van der Waals surface area contributed by atoms with Crippen molar-refractivity contribution in [3.8, 4) is 0 Å². The molecule has 52 valence electrons. The fourth-order valence-corrected chi connectivity index (χ4v) is 0. The van der Waals surface area contributed by atoms with E-state index in [0.717, 1.165) is 6.92 Å². The van der Waals surface area contributed by atoms with Gasteiger partial charge in [0.1, 0.15) is 0 Å². The molecule has 0 saturated heterocycles. The van der Waals surface area contributed by atoms with Gasteiger partial charge in [0.2, 0.25) is 0 Å². The maximum Gasteiger partial charge on any atom is 2.00 e. The fourth-order valence-electron chi connectivity index (χ4n) is 0. The molecule has 0 saturated carbocycles. The summed E-state index contributed by atoms with van der Waals surface area (Å²) >= 11 is 0. The van der Waals surface area contributed by atoms with Crippen molar-refractivity contribution in [1.29, 1.82) is 0 Å². The first-order valence-electron chi connectivity index (χ1n) is 1.67. The summed E-state index contributed by atoms with van der Waals surface area (Å²) < 4.78 is 0. The average molecular weight is 390 g/mol. The number of hydrogen-bond donors (Lipinski definition) is 0. The molecule has 0 aromatic carbocycles. The Hall–Kier alpha value is 0.355. The molecule has 0 bridgehead atoms. The molecule has 0 aromatic rings. The van der Waals surface area contributed by atoms with E-state index in [1.165, 1.54) is 0 Å². The molecule has 0 unspecified atom stereocenters. The molecule has 2 radical (unpaired) electrons. The van der Waals surface area contributed by atoms with Crippen LogP contribution >= 0.6 is 0 Å². The Morgan fingerprint density at radius 1 is 1.30 bits per heavy atom. The van der Waals surface area contributed by atoms with Crippen LogP contribution in [0.25, 0.3) is 0 Å². The van der Waals surface area contributed by atoms with Gasteiger partial charge in [-0.15, -0.1) is 5.97 Å². The van der Waals surface area contributed by atoms with E-state index in [2.05, 4.69) is 6.92 Å². The Kier molecular flexibility index (Phi) is 36.3. The number of rotatable bonds is 0. The van der Waals surface area contributed by atoms with Crippen molar-refractivity contribution in [1.82, 2.24) is 0 Å². The second-order valence-corrected chi connectivity index (χ2v) is 0.864. The maximum atomic E-state index is 8.89. The molecule has 10 heavy (non-hydrogen) atoms. The summed E-state index contributed by atoms with van der Waals surface area (Å²) in [6.45, 7) is 3.42. The van der Waals surface area contributed by atoms with Crippen molar-refractivity contribution in [2.24, 2.45) is 0 Å². The van der Waals surface area contributed by atoms with Crippen LogP contribution in [-0.4, -0.2) is 39.2 Å². The maximum absolute atomic E-state index is 8.89. The van der Waals surface area contributed by atoms with E-state index in [9.17, 15) is 0 Å². The van der Waals surface area contributed by atoms with E-state index in [0.29, 0.717) is 0 Å². The molecule has 0 aromatic heterocycles. The van der Waals surface area contributed by atoms with E-state index in [1.807, 2.05) is 0 Å². The van der Waals surface area contributed by atoms with E-state index in [1.54, 1.807) is 0 Å². The van der Waals surface area contributed by atoms with Crippen LogP contribution in [0.15, 0.2) is 0 Å². The van der Waals surface area contributed by atoms with Crippen molar-refractivity contribution < 1.29 is 39.3 Å². The van der Waals surface area contributed by atoms with Crippen molar-refractivity contribution in [3.63, 3.8) is 0 Å². The molecule has 0 N–H and O–H groups in total. The monoisotopic (exact) mass is 389 g/mol. The van der Waals surface area contributed by atoms with E-state index < -0.39 is 11.9 Å². The van der Waals surface area contributed by atoms with Crippen molar-refractivity contribution >= 4 is 39.2 Å². The van der Waals surface area contributed by atoms with Crippen LogP contribution in [0.4, 0.5) is 0 Å². The molecule has 0 aliphatic heterocycles. The Morgan fingerprint density at radius 3 is 1.30 bits per heavy atom. The summed E-state index contributed by atoms with van der Waals surface area (Å²) in [6.07, 6.45) is 0. The molecule has 0 aliphatic rings. The molecule has 4 nitrogen and oxygen atoms in total. The van der Waals surface area contributed by atoms with Crippen LogP contribution in [0.1, 0.15) is 6.92 Å².